The lowest BCUT2D eigenvalue weighted by Gasteiger charge is -2.33. The lowest BCUT2D eigenvalue weighted by Crippen LogP contribution is -2.41. The number of benzene rings is 2. The van der Waals surface area contributed by atoms with Gasteiger partial charge in [0.05, 0.1) is 25.3 Å². The monoisotopic (exact) mass is 366 g/mol. The van der Waals surface area contributed by atoms with Gasteiger partial charge in [-0.2, -0.15) is 5.10 Å². The summed E-state index contributed by atoms with van der Waals surface area (Å²) in [6.45, 7) is 2.89. The lowest BCUT2D eigenvalue weighted by atomic mass is 10.1. The van der Waals surface area contributed by atoms with Crippen LogP contribution in [0.25, 0.3) is 11.4 Å². The standard InChI is InChI=1S/C20H19FN4O2/c1-13-19-22-18(14-6-4-3-5-7-14)23-25(19)11-10-24(13)20(26)16-12-15(21)8-9-17(16)27-2/h3-9,12-13H,10-11H2,1-2H3/t13-/m0/s1. The summed E-state index contributed by atoms with van der Waals surface area (Å²) in [5, 5.41) is 4.57. The van der Waals surface area contributed by atoms with Gasteiger partial charge >= 0.3 is 0 Å². The van der Waals surface area contributed by atoms with Crippen LogP contribution in [0, 0.1) is 5.82 Å². The smallest absolute Gasteiger partial charge is 0.258 e. The predicted octanol–water partition coefficient (Wildman–Crippen LogP) is 3.31. The fourth-order valence-corrected chi connectivity index (χ4v) is 3.35. The summed E-state index contributed by atoms with van der Waals surface area (Å²) in [5.41, 5.74) is 1.14. The van der Waals surface area contributed by atoms with Crippen molar-refractivity contribution in [3.8, 4) is 17.1 Å². The van der Waals surface area contributed by atoms with E-state index in [0.29, 0.717) is 30.5 Å². The number of amides is 1. The molecule has 0 saturated heterocycles. The lowest BCUT2D eigenvalue weighted by molar-refractivity contribution is 0.0627. The number of carbonyl (C=O) groups is 1. The molecule has 0 aliphatic carbocycles. The van der Waals surface area contributed by atoms with Gasteiger partial charge in [-0.15, -0.1) is 0 Å². The number of carbonyl (C=O) groups excluding carboxylic acids is 1. The van der Waals surface area contributed by atoms with Crippen molar-refractivity contribution in [3.63, 3.8) is 0 Å². The van der Waals surface area contributed by atoms with E-state index in [1.807, 2.05) is 41.9 Å². The third kappa shape index (κ3) is 3.05. The number of rotatable bonds is 3. The van der Waals surface area contributed by atoms with Crippen molar-refractivity contribution in [2.45, 2.75) is 19.5 Å². The quantitative estimate of drug-likeness (QED) is 0.714. The van der Waals surface area contributed by atoms with Crippen molar-refractivity contribution >= 4 is 5.91 Å². The van der Waals surface area contributed by atoms with E-state index in [1.54, 1.807) is 4.90 Å². The molecule has 3 aromatic rings. The van der Waals surface area contributed by atoms with Crippen LogP contribution >= 0.6 is 0 Å². The number of aromatic nitrogens is 3. The summed E-state index contributed by atoms with van der Waals surface area (Å²) < 4.78 is 20.7. The number of hydrogen-bond acceptors (Lipinski definition) is 4. The Morgan fingerprint density at radius 2 is 1.96 bits per heavy atom. The summed E-state index contributed by atoms with van der Waals surface area (Å²) in [4.78, 5) is 19.4. The fourth-order valence-electron chi connectivity index (χ4n) is 3.35. The highest BCUT2D eigenvalue weighted by atomic mass is 19.1. The summed E-state index contributed by atoms with van der Waals surface area (Å²) >= 11 is 0. The minimum atomic E-state index is -0.474. The number of halogens is 1. The molecule has 0 unspecified atom stereocenters. The number of ether oxygens (including phenoxy) is 1. The van der Waals surface area contributed by atoms with E-state index in [-0.39, 0.29) is 17.5 Å². The number of hydrogen-bond donors (Lipinski definition) is 0. The van der Waals surface area contributed by atoms with Gasteiger partial charge in [0.2, 0.25) is 0 Å². The normalized spacial score (nSPS) is 16.1. The zero-order valence-corrected chi connectivity index (χ0v) is 15.1. The maximum atomic E-state index is 13.7. The molecule has 0 spiro atoms. The zero-order valence-electron chi connectivity index (χ0n) is 15.1. The maximum absolute atomic E-state index is 13.7. The van der Waals surface area contributed by atoms with Gasteiger partial charge in [0.1, 0.15) is 17.4 Å². The fraction of sp³-hybridized carbons (Fsp3) is 0.250. The molecule has 0 radical (unpaired) electrons. The molecule has 6 nitrogen and oxygen atoms in total. The summed E-state index contributed by atoms with van der Waals surface area (Å²) in [5.74, 6) is 0.942. The Hall–Kier alpha value is -3.22. The molecule has 138 valence electrons. The molecule has 7 heteroatoms. The third-order valence-electron chi connectivity index (χ3n) is 4.78. The molecule has 0 saturated carbocycles. The molecule has 2 aromatic carbocycles. The predicted molar refractivity (Wildman–Crippen MR) is 97.9 cm³/mol. The zero-order chi connectivity index (χ0) is 19.0. The Balaban J connectivity index is 1.66. The van der Waals surface area contributed by atoms with Crippen molar-refractivity contribution in [3.05, 3.63) is 65.7 Å². The van der Waals surface area contributed by atoms with Crippen molar-refractivity contribution in [2.24, 2.45) is 0 Å². The van der Waals surface area contributed by atoms with Gasteiger partial charge in [0.15, 0.2) is 5.82 Å². The molecule has 1 aliphatic rings. The van der Waals surface area contributed by atoms with E-state index in [9.17, 15) is 9.18 Å². The first-order valence-electron chi connectivity index (χ1n) is 8.73. The van der Waals surface area contributed by atoms with Crippen molar-refractivity contribution in [1.82, 2.24) is 19.7 Å². The summed E-state index contributed by atoms with van der Waals surface area (Å²) in [6, 6.07) is 13.4. The molecule has 0 bridgehead atoms. The molecular formula is C20H19FN4O2. The van der Waals surface area contributed by atoms with Gasteiger partial charge in [0.25, 0.3) is 5.91 Å². The highest BCUT2D eigenvalue weighted by molar-refractivity contribution is 5.97. The number of fused-ring (bicyclic) bond motifs is 1. The van der Waals surface area contributed by atoms with Gasteiger partial charge in [-0.05, 0) is 25.1 Å². The average molecular weight is 366 g/mol. The third-order valence-corrected chi connectivity index (χ3v) is 4.78. The van der Waals surface area contributed by atoms with Crippen LogP contribution in [0.3, 0.4) is 0 Å². The van der Waals surface area contributed by atoms with Crippen LogP contribution < -0.4 is 4.74 Å². The molecule has 2 heterocycles. The second-order valence-electron chi connectivity index (χ2n) is 6.40. The minimum absolute atomic E-state index is 0.209. The van der Waals surface area contributed by atoms with E-state index >= 15 is 0 Å². The number of methoxy groups -OCH3 is 1. The van der Waals surface area contributed by atoms with Crippen molar-refractivity contribution in [2.75, 3.05) is 13.7 Å². The molecule has 1 aromatic heterocycles. The van der Waals surface area contributed by atoms with Crippen LogP contribution in [-0.2, 0) is 6.54 Å². The number of nitrogens with zero attached hydrogens (tertiary/aromatic N) is 4. The van der Waals surface area contributed by atoms with Crippen molar-refractivity contribution in [1.29, 1.82) is 0 Å². The molecule has 1 amide bonds. The first-order chi connectivity index (χ1) is 13.1. The average Bonchev–Trinajstić information content (AvgIpc) is 3.14. The van der Waals surface area contributed by atoms with Crippen LogP contribution in [0.15, 0.2) is 48.5 Å². The second kappa shape index (κ2) is 6.83. The summed E-state index contributed by atoms with van der Waals surface area (Å²) in [6.07, 6.45) is 0. The van der Waals surface area contributed by atoms with Gasteiger partial charge in [-0.1, -0.05) is 30.3 Å². The SMILES string of the molecule is COc1ccc(F)cc1C(=O)N1CCn2nc(-c3ccccc3)nc2[C@@H]1C. The molecule has 1 aliphatic heterocycles. The Morgan fingerprint density at radius 3 is 2.70 bits per heavy atom. The van der Waals surface area contributed by atoms with Gasteiger partial charge in [-0.25, -0.2) is 14.1 Å². The largest absolute Gasteiger partial charge is 0.496 e. The molecule has 1 atom stereocenters. The van der Waals surface area contributed by atoms with E-state index in [4.69, 9.17) is 4.74 Å². The highest BCUT2D eigenvalue weighted by Crippen LogP contribution is 2.30. The molecule has 0 fully saturated rings. The Bertz CT molecular complexity index is 987. The van der Waals surface area contributed by atoms with Gasteiger partial charge in [-0.3, -0.25) is 4.79 Å². The Labute approximate surface area is 156 Å². The van der Waals surface area contributed by atoms with E-state index in [1.165, 1.54) is 25.3 Å². The Morgan fingerprint density at radius 1 is 1.19 bits per heavy atom. The molecule has 0 N–H and O–H groups in total. The van der Waals surface area contributed by atoms with Gasteiger partial charge in [0, 0.05) is 12.1 Å². The van der Waals surface area contributed by atoms with E-state index < -0.39 is 5.82 Å². The first-order valence-corrected chi connectivity index (χ1v) is 8.73. The second-order valence-corrected chi connectivity index (χ2v) is 6.40. The molecule has 27 heavy (non-hydrogen) atoms. The molecule has 4 rings (SSSR count). The van der Waals surface area contributed by atoms with E-state index in [2.05, 4.69) is 10.1 Å². The van der Waals surface area contributed by atoms with Crippen LogP contribution in [0.1, 0.15) is 29.1 Å². The maximum Gasteiger partial charge on any atom is 0.258 e. The van der Waals surface area contributed by atoms with Crippen molar-refractivity contribution < 1.29 is 13.9 Å². The summed E-state index contributed by atoms with van der Waals surface area (Å²) in [7, 11) is 1.46. The van der Waals surface area contributed by atoms with E-state index in [0.717, 1.165) is 5.56 Å². The van der Waals surface area contributed by atoms with Crippen LogP contribution in [0.4, 0.5) is 4.39 Å². The first kappa shape index (κ1) is 17.2. The molecular weight excluding hydrogens is 347 g/mol. The minimum Gasteiger partial charge on any atom is -0.496 e. The van der Waals surface area contributed by atoms with Gasteiger partial charge < -0.3 is 9.64 Å². The highest BCUT2D eigenvalue weighted by Gasteiger charge is 2.32. The Kier molecular flexibility index (Phi) is 4.35. The van der Waals surface area contributed by atoms with Crippen LogP contribution in [-0.4, -0.2) is 39.2 Å². The van der Waals surface area contributed by atoms with Crippen LogP contribution in [0.2, 0.25) is 0 Å². The topological polar surface area (TPSA) is 60.2 Å². The van der Waals surface area contributed by atoms with Crippen LogP contribution in [0.5, 0.6) is 5.75 Å².